The van der Waals surface area contributed by atoms with Gasteiger partial charge in [-0.15, -0.1) is 23.1 Å². The van der Waals surface area contributed by atoms with E-state index in [-0.39, 0.29) is 12.2 Å². The van der Waals surface area contributed by atoms with Gasteiger partial charge in [0, 0.05) is 23.7 Å². The number of benzene rings is 3. The molecule has 3 aromatic carbocycles. The number of para-hydroxylation sites is 1. The Morgan fingerprint density at radius 1 is 1.00 bits per heavy atom. The first-order chi connectivity index (χ1) is 15.7. The second-order valence-electron chi connectivity index (χ2n) is 8.39. The maximum absolute atomic E-state index is 6.77. The fraction of sp³-hybridized carbons (Fsp3) is 0.296. The number of hydrogen-bond donors (Lipinski definition) is 0. The van der Waals surface area contributed by atoms with Gasteiger partial charge in [0.2, 0.25) is 0 Å². The summed E-state index contributed by atoms with van der Waals surface area (Å²) in [6.07, 6.45) is 2.28. The zero-order valence-corrected chi connectivity index (χ0v) is 19.9. The number of piperidine rings is 1. The molecule has 1 aliphatic rings. The van der Waals surface area contributed by atoms with Crippen LogP contribution in [0, 0.1) is 0 Å². The van der Waals surface area contributed by atoms with Crippen LogP contribution in [0.5, 0.6) is 0 Å². The first-order valence-corrected chi connectivity index (χ1v) is 13.0. The summed E-state index contributed by atoms with van der Waals surface area (Å²) in [5, 5.41) is 1.05. The Balaban J connectivity index is 1.41. The summed E-state index contributed by atoms with van der Waals surface area (Å²) in [6.45, 7) is 2.17. The van der Waals surface area contributed by atoms with Gasteiger partial charge in [-0.1, -0.05) is 54.6 Å². The van der Waals surface area contributed by atoms with Gasteiger partial charge >= 0.3 is 0 Å². The van der Waals surface area contributed by atoms with E-state index in [1.807, 2.05) is 11.8 Å². The highest BCUT2D eigenvalue weighted by molar-refractivity contribution is 7.98. The lowest BCUT2D eigenvalue weighted by Gasteiger charge is -2.31. The molecule has 5 heteroatoms. The van der Waals surface area contributed by atoms with Gasteiger partial charge in [-0.3, -0.25) is 0 Å². The van der Waals surface area contributed by atoms with Crippen molar-refractivity contribution in [2.75, 3.05) is 20.1 Å². The van der Waals surface area contributed by atoms with E-state index in [2.05, 4.69) is 90.8 Å². The summed E-state index contributed by atoms with van der Waals surface area (Å²) in [7, 11) is 2.19. The SMILES string of the molecule is CN1CCC(OC(c2cccc(SCc3ccccc3)c2)c2nc3ccccc3s2)CC1. The van der Waals surface area contributed by atoms with E-state index in [9.17, 15) is 0 Å². The van der Waals surface area contributed by atoms with Crippen LogP contribution < -0.4 is 0 Å². The van der Waals surface area contributed by atoms with Crippen molar-refractivity contribution >= 4 is 33.3 Å². The zero-order valence-electron chi connectivity index (χ0n) is 18.3. The quantitative estimate of drug-likeness (QED) is 0.284. The number of aromatic nitrogens is 1. The number of thiazole rings is 1. The molecule has 0 saturated carbocycles. The van der Waals surface area contributed by atoms with E-state index < -0.39 is 0 Å². The summed E-state index contributed by atoms with van der Waals surface area (Å²) >= 11 is 3.62. The lowest BCUT2D eigenvalue weighted by molar-refractivity contribution is -0.0235. The maximum atomic E-state index is 6.77. The molecule has 3 nitrogen and oxygen atoms in total. The van der Waals surface area contributed by atoms with Gasteiger partial charge in [0.25, 0.3) is 0 Å². The Labute approximate surface area is 198 Å². The molecule has 1 unspecified atom stereocenters. The minimum absolute atomic E-state index is 0.127. The molecule has 0 N–H and O–H groups in total. The minimum atomic E-state index is -0.127. The van der Waals surface area contributed by atoms with Gasteiger partial charge < -0.3 is 9.64 Å². The molecule has 4 aromatic rings. The zero-order chi connectivity index (χ0) is 21.8. The summed E-state index contributed by atoms with van der Waals surface area (Å²) in [5.41, 5.74) is 3.59. The molecule has 1 fully saturated rings. The highest BCUT2D eigenvalue weighted by Crippen LogP contribution is 2.36. The van der Waals surface area contributed by atoms with Crippen molar-refractivity contribution in [3.8, 4) is 0 Å². The van der Waals surface area contributed by atoms with E-state index >= 15 is 0 Å². The average Bonchev–Trinajstić information content (AvgIpc) is 3.27. The second kappa shape index (κ2) is 10.2. The number of fused-ring (bicyclic) bond motifs is 1. The summed E-state index contributed by atoms with van der Waals surface area (Å²) in [6, 6.07) is 27.9. The lowest BCUT2D eigenvalue weighted by Crippen LogP contribution is -2.35. The van der Waals surface area contributed by atoms with Gasteiger partial charge in [0.15, 0.2) is 0 Å². The van der Waals surface area contributed by atoms with Gasteiger partial charge in [-0.05, 0) is 55.3 Å². The van der Waals surface area contributed by atoms with Gasteiger partial charge in [0.1, 0.15) is 11.1 Å². The monoisotopic (exact) mass is 460 g/mol. The summed E-state index contributed by atoms with van der Waals surface area (Å²) in [5.74, 6) is 0.964. The van der Waals surface area contributed by atoms with E-state index in [0.717, 1.165) is 42.2 Å². The largest absolute Gasteiger partial charge is 0.363 e. The van der Waals surface area contributed by atoms with Gasteiger partial charge in [-0.25, -0.2) is 4.98 Å². The van der Waals surface area contributed by atoms with Crippen LogP contribution in [0.15, 0.2) is 83.8 Å². The first kappa shape index (κ1) is 21.7. The van der Waals surface area contributed by atoms with Crippen LogP contribution in [0.25, 0.3) is 10.2 Å². The fourth-order valence-electron chi connectivity index (χ4n) is 4.10. The molecule has 164 valence electrons. The fourth-order valence-corrected chi connectivity index (χ4v) is 6.06. The normalized spacial score (nSPS) is 16.4. The van der Waals surface area contributed by atoms with Crippen molar-refractivity contribution in [3.05, 3.63) is 95.0 Å². The van der Waals surface area contributed by atoms with E-state index in [4.69, 9.17) is 9.72 Å². The Morgan fingerprint density at radius 2 is 1.78 bits per heavy atom. The number of rotatable bonds is 7. The standard InChI is InChI=1S/C27H28N2OS2/c1-29-16-14-22(15-17-29)30-26(27-28-24-12-5-6-13-25(24)32-27)21-10-7-11-23(18-21)31-19-20-8-3-2-4-9-20/h2-13,18,22,26H,14-17,19H2,1H3. The Hall–Kier alpha value is -2.18. The molecule has 32 heavy (non-hydrogen) atoms. The molecule has 1 atom stereocenters. The molecular weight excluding hydrogens is 432 g/mol. The highest BCUT2D eigenvalue weighted by atomic mass is 32.2. The average molecular weight is 461 g/mol. The van der Waals surface area contributed by atoms with Crippen molar-refractivity contribution in [1.82, 2.24) is 9.88 Å². The topological polar surface area (TPSA) is 25.4 Å². The third kappa shape index (κ3) is 5.24. The molecule has 1 aromatic heterocycles. The molecule has 0 radical (unpaired) electrons. The lowest BCUT2D eigenvalue weighted by atomic mass is 10.1. The molecule has 2 heterocycles. The van der Waals surface area contributed by atoms with Gasteiger partial charge in [-0.2, -0.15) is 0 Å². The Bertz CT molecular complexity index is 1120. The molecule has 0 aliphatic carbocycles. The third-order valence-corrected chi connectivity index (χ3v) is 8.08. The number of nitrogens with zero attached hydrogens (tertiary/aromatic N) is 2. The summed E-state index contributed by atoms with van der Waals surface area (Å²) < 4.78 is 7.99. The smallest absolute Gasteiger partial charge is 0.134 e. The van der Waals surface area contributed by atoms with Crippen LogP contribution in [0.2, 0.25) is 0 Å². The predicted octanol–water partition coefficient (Wildman–Crippen LogP) is 6.79. The number of likely N-dealkylation sites (tertiary alicyclic amines) is 1. The van der Waals surface area contributed by atoms with Crippen LogP contribution in [-0.2, 0) is 10.5 Å². The van der Waals surface area contributed by atoms with Crippen molar-refractivity contribution in [1.29, 1.82) is 0 Å². The molecular formula is C27H28N2OS2. The number of hydrogen-bond acceptors (Lipinski definition) is 5. The van der Waals surface area contributed by atoms with Crippen molar-refractivity contribution < 1.29 is 4.74 Å². The Morgan fingerprint density at radius 3 is 2.59 bits per heavy atom. The second-order valence-corrected chi connectivity index (χ2v) is 10.5. The van der Waals surface area contributed by atoms with Crippen molar-refractivity contribution in [2.24, 2.45) is 0 Å². The number of ether oxygens (including phenoxy) is 1. The number of thioether (sulfide) groups is 1. The first-order valence-electron chi connectivity index (χ1n) is 11.2. The van der Waals surface area contributed by atoms with E-state index in [0.29, 0.717) is 0 Å². The highest BCUT2D eigenvalue weighted by Gasteiger charge is 2.26. The van der Waals surface area contributed by atoms with Crippen molar-refractivity contribution in [2.45, 2.75) is 35.7 Å². The summed E-state index contributed by atoms with van der Waals surface area (Å²) in [4.78, 5) is 8.62. The van der Waals surface area contributed by atoms with Crippen LogP contribution in [-0.4, -0.2) is 36.1 Å². The maximum Gasteiger partial charge on any atom is 0.134 e. The molecule has 1 saturated heterocycles. The van der Waals surface area contributed by atoms with Crippen LogP contribution in [0.1, 0.15) is 35.1 Å². The minimum Gasteiger partial charge on any atom is -0.363 e. The van der Waals surface area contributed by atoms with E-state index in [1.165, 1.54) is 20.7 Å². The molecule has 0 bridgehead atoms. The molecule has 0 amide bonds. The van der Waals surface area contributed by atoms with Crippen LogP contribution in [0.4, 0.5) is 0 Å². The molecule has 5 rings (SSSR count). The Kier molecular flexibility index (Phi) is 6.89. The van der Waals surface area contributed by atoms with E-state index in [1.54, 1.807) is 11.3 Å². The van der Waals surface area contributed by atoms with Gasteiger partial charge in [0.05, 0.1) is 16.3 Å². The molecule has 0 spiro atoms. The predicted molar refractivity (Wildman–Crippen MR) is 136 cm³/mol. The third-order valence-electron chi connectivity index (χ3n) is 5.94. The van der Waals surface area contributed by atoms with Crippen LogP contribution in [0.3, 0.4) is 0 Å². The molecule has 1 aliphatic heterocycles. The van der Waals surface area contributed by atoms with Crippen LogP contribution >= 0.6 is 23.1 Å². The van der Waals surface area contributed by atoms with Crippen molar-refractivity contribution in [3.63, 3.8) is 0 Å².